The minimum atomic E-state index is -0.650. The van der Waals surface area contributed by atoms with E-state index in [1.807, 2.05) is 20.8 Å². The number of nitrogens with one attached hydrogen (secondary N) is 2. The van der Waals surface area contributed by atoms with Crippen LogP contribution in [0, 0.1) is 12.8 Å². The van der Waals surface area contributed by atoms with E-state index in [0.717, 1.165) is 4.88 Å². The van der Waals surface area contributed by atoms with Crippen molar-refractivity contribution >= 4 is 28.5 Å². The molecule has 2 N–H and O–H groups in total. The number of hydrogen-bond acceptors (Lipinski definition) is 5. The Labute approximate surface area is 116 Å². The molecule has 0 saturated carbocycles. The van der Waals surface area contributed by atoms with Gasteiger partial charge in [0.05, 0.1) is 6.61 Å². The first-order valence-electron chi connectivity index (χ1n) is 6.10. The summed E-state index contributed by atoms with van der Waals surface area (Å²) in [6, 6.07) is -0.650. The van der Waals surface area contributed by atoms with Gasteiger partial charge in [-0.2, -0.15) is 0 Å². The van der Waals surface area contributed by atoms with Crippen molar-refractivity contribution in [1.82, 2.24) is 10.3 Å². The van der Waals surface area contributed by atoms with Crippen molar-refractivity contribution in [1.29, 1.82) is 0 Å². The first-order chi connectivity index (χ1) is 8.93. The van der Waals surface area contributed by atoms with E-state index < -0.39 is 12.1 Å². The van der Waals surface area contributed by atoms with Gasteiger partial charge in [-0.1, -0.05) is 13.8 Å². The summed E-state index contributed by atoms with van der Waals surface area (Å²) in [5.41, 5.74) is 0. The van der Waals surface area contributed by atoms with Gasteiger partial charge in [-0.15, -0.1) is 11.3 Å². The lowest BCUT2D eigenvalue weighted by Crippen LogP contribution is -2.47. The largest absolute Gasteiger partial charge is 0.450 e. The van der Waals surface area contributed by atoms with Gasteiger partial charge in [-0.25, -0.2) is 9.78 Å². The van der Waals surface area contributed by atoms with Gasteiger partial charge in [-0.3, -0.25) is 4.79 Å². The lowest BCUT2D eigenvalue weighted by molar-refractivity contribution is -0.119. The van der Waals surface area contributed by atoms with Crippen LogP contribution in [-0.4, -0.2) is 29.6 Å². The van der Waals surface area contributed by atoms with Gasteiger partial charge in [-0.05, 0) is 19.8 Å². The highest BCUT2D eigenvalue weighted by Gasteiger charge is 2.25. The predicted octanol–water partition coefficient (Wildman–Crippen LogP) is 2.16. The number of anilines is 1. The Morgan fingerprint density at radius 2 is 2.16 bits per heavy atom. The minimum Gasteiger partial charge on any atom is -0.450 e. The molecule has 7 heteroatoms. The number of ether oxygens (including phenoxy) is 1. The van der Waals surface area contributed by atoms with Crippen LogP contribution in [0.3, 0.4) is 0 Å². The topological polar surface area (TPSA) is 80.3 Å². The second-order valence-electron chi connectivity index (χ2n) is 4.35. The Kier molecular flexibility index (Phi) is 5.75. The molecule has 6 nitrogen and oxygen atoms in total. The lowest BCUT2D eigenvalue weighted by Gasteiger charge is -2.20. The molecule has 19 heavy (non-hydrogen) atoms. The maximum atomic E-state index is 12.1. The van der Waals surface area contributed by atoms with Crippen molar-refractivity contribution in [3.8, 4) is 0 Å². The molecule has 0 aliphatic heterocycles. The molecule has 0 spiro atoms. The van der Waals surface area contributed by atoms with Gasteiger partial charge >= 0.3 is 6.09 Å². The van der Waals surface area contributed by atoms with Crippen molar-refractivity contribution in [3.63, 3.8) is 0 Å². The molecule has 1 aromatic heterocycles. The van der Waals surface area contributed by atoms with E-state index in [1.54, 1.807) is 13.1 Å². The SMILES string of the molecule is CCOC(=O)NC(C(=O)Nc1ncc(C)s1)C(C)C. The van der Waals surface area contributed by atoms with Crippen LogP contribution in [-0.2, 0) is 9.53 Å². The third-order valence-corrected chi connectivity index (χ3v) is 3.18. The second kappa shape index (κ2) is 7.08. The summed E-state index contributed by atoms with van der Waals surface area (Å²) in [6.07, 6.45) is 1.09. The van der Waals surface area contributed by atoms with Crippen molar-refractivity contribution in [2.75, 3.05) is 11.9 Å². The number of aryl methyl sites for hydroxylation is 1. The van der Waals surface area contributed by atoms with E-state index in [4.69, 9.17) is 4.74 Å². The van der Waals surface area contributed by atoms with E-state index in [-0.39, 0.29) is 18.4 Å². The monoisotopic (exact) mass is 285 g/mol. The number of alkyl carbamates (subject to hydrolysis) is 1. The summed E-state index contributed by atoms with van der Waals surface area (Å²) in [4.78, 5) is 28.5. The van der Waals surface area contributed by atoms with Crippen LogP contribution in [0.15, 0.2) is 6.20 Å². The lowest BCUT2D eigenvalue weighted by atomic mass is 10.0. The summed E-state index contributed by atoms with van der Waals surface area (Å²) >= 11 is 1.39. The van der Waals surface area contributed by atoms with Crippen molar-refractivity contribution < 1.29 is 14.3 Å². The number of hydrogen-bond donors (Lipinski definition) is 2. The molecule has 0 aromatic carbocycles. The summed E-state index contributed by atoms with van der Waals surface area (Å²) in [5, 5.41) is 5.76. The molecular formula is C12H19N3O3S. The molecule has 0 saturated heterocycles. The van der Waals surface area contributed by atoms with Crippen LogP contribution in [0.4, 0.5) is 9.93 Å². The minimum absolute atomic E-state index is 0.0505. The average molecular weight is 285 g/mol. The molecule has 0 aliphatic rings. The van der Waals surface area contributed by atoms with Gasteiger partial charge in [0.1, 0.15) is 6.04 Å². The van der Waals surface area contributed by atoms with Gasteiger partial charge in [0.2, 0.25) is 5.91 Å². The standard InChI is InChI=1S/C12H19N3O3S/c1-5-18-12(17)14-9(7(2)3)10(16)15-11-13-6-8(4)19-11/h6-7,9H,5H2,1-4H3,(H,14,17)(H,13,15,16). The molecule has 2 amide bonds. The molecule has 1 heterocycles. The number of aromatic nitrogens is 1. The maximum Gasteiger partial charge on any atom is 0.407 e. The summed E-state index contributed by atoms with van der Waals surface area (Å²) in [5.74, 6) is -0.345. The fourth-order valence-corrected chi connectivity index (χ4v) is 2.10. The van der Waals surface area contributed by atoms with Gasteiger partial charge < -0.3 is 15.4 Å². The fraction of sp³-hybridized carbons (Fsp3) is 0.583. The van der Waals surface area contributed by atoms with Crippen molar-refractivity contribution in [2.45, 2.75) is 33.7 Å². The highest BCUT2D eigenvalue weighted by atomic mass is 32.1. The molecule has 1 atom stereocenters. The zero-order valence-corrected chi connectivity index (χ0v) is 12.3. The Bertz CT molecular complexity index is 445. The maximum absolute atomic E-state index is 12.1. The Morgan fingerprint density at radius 3 is 2.63 bits per heavy atom. The molecule has 0 fully saturated rings. The molecular weight excluding hydrogens is 266 g/mol. The van der Waals surface area contributed by atoms with E-state index in [1.165, 1.54) is 11.3 Å². The Hall–Kier alpha value is -1.63. The van der Waals surface area contributed by atoms with Gasteiger partial charge in [0, 0.05) is 11.1 Å². The fourth-order valence-electron chi connectivity index (χ4n) is 1.43. The Balaban J connectivity index is 2.65. The summed E-state index contributed by atoms with van der Waals surface area (Å²) < 4.78 is 4.78. The van der Waals surface area contributed by atoms with E-state index in [0.29, 0.717) is 5.13 Å². The van der Waals surface area contributed by atoms with Crippen LogP contribution in [0.2, 0.25) is 0 Å². The molecule has 1 unspecified atom stereocenters. The highest BCUT2D eigenvalue weighted by molar-refractivity contribution is 7.15. The molecule has 106 valence electrons. The van der Waals surface area contributed by atoms with Gasteiger partial charge in [0.25, 0.3) is 0 Å². The normalized spacial score (nSPS) is 12.1. The quantitative estimate of drug-likeness (QED) is 0.868. The third kappa shape index (κ3) is 4.86. The summed E-state index contributed by atoms with van der Waals surface area (Å²) in [6.45, 7) is 7.59. The number of nitrogens with zero attached hydrogens (tertiary/aromatic N) is 1. The van der Waals surface area contributed by atoms with Crippen LogP contribution in [0.5, 0.6) is 0 Å². The third-order valence-electron chi connectivity index (χ3n) is 2.35. The smallest absolute Gasteiger partial charge is 0.407 e. The highest BCUT2D eigenvalue weighted by Crippen LogP contribution is 2.17. The van der Waals surface area contributed by atoms with E-state index >= 15 is 0 Å². The first-order valence-corrected chi connectivity index (χ1v) is 6.92. The molecule has 0 radical (unpaired) electrons. The zero-order valence-electron chi connectivity index (χ0n) is 11.5. The number of carbonyl (C=O) groups excluding carboxylic acids is 2. The van der Waals surface area contributed by atoms with Crippen LogP contribution < -0.4 is 10.6 Å². The zero-order chi connectivity index (χ0) is 14.4. The molecule has 1 aromatic rings. The number of amides is 2. The van der Waals surface area contributed by atoms with Crippen LogP contribution in [0.1, 0.15) is 25.6 Å². The van der Waals surface area contributed by atoms with Crippen molar-refractivity contribution in [2.24, 2.45) is 5.92 Å². The van der Waals surface area contributed by atoms with E-state index in [2.05, 4.69) is 15.6 Å². The second-order valence-corrected chi connectivity index (χ2v) is 5.59. The van der Waals surface area contributed by atoms with Crippen LogP contribution >= 0.6 is 11.3 Å². The van der Waals surface area contributed by atoms with Crippen LogP contribution in [0.25, 0.3) is 0 Å². The average Bonchev–Trinajstić information content (AvgIpc) is 2.71. The molecule has 0 aliphatic carbocycles. The van der Waals surface area contributed by atoms with E-state index in [9.17, 15) is 9.59 Å². The molecule has 0 bridgehead atoms. The number of rotatable bonds is 5. The van der Waals surface area contributed by atoms with Crippen molar-refractivity contribution in [3.05, 3.63) is 11.1 Å². The Morgan fingerprint density at radius 1 is 1.47 bits per heavy atom. The van der Waals surface area contributed by atoms with Gasteiger partial charge in [0.15, 0.2) is 5.13 Å². The molecule has 1 rings (SSSR count). The number of carbonyl (C=O) groups is 2. The summed E-state index contributed by atoms with van der Waals surface area (Å²) in [7, 11) is 0. The predicted molar refractivity (Wildman–Crippen MR) is 74.3 cm³/mol. The first kappa shape index (κ1) is 15.4. The number of thiazole rings is 1.